The molecule has 2 atom stereocenters. The first kappa shape index (κ1) is 12.5. The van der Waals surface area contributed by atoms with Gasteiger partial charge in [0.05, 0.1) is 6.54 Å². The van der Waals surface area contributed by atoms with E-state index in [1.54, 1.807) is 7.11 Å². The summed E-state index contributed by atoms with van der Waals surface area (Å²) in [4.78, 5) is 6.68. The van der Waals surface area contributed by atoms with E-state index in [-0.39, 0.29) is 6.10 Å². The smallest absolute Gasteiger partial charge is 0.240 e. The van der Waals surface area contributed by atoms with Gasteiger partial charge in [0.25, 0.3) is 0 Å². The van der Waals surface area contributed by atoms with Crippen LogP contribution >= 0.6 is 0 Å². The van der Waals surface area contributed by atoms with Crippen molar-refractivity contribution in [3.63, 3.8) is 0 Å². The van der Waals surface area contributed by atoms with Gasteiger partial charge in [-0.3, -0.25) is 4.90 Å². The van der Waals surface area contributed by atoms with Gasteiger partial charge in [-0.1, -0.05) is 5.16 Å². The molecule has 1 aliphatic heterocycles. The fourth-order valence-electron chi connectivity index (χ4n) is 1.89. The van der Waals surface area contributed by atoms with Crippen LogP contribution in [0.5, 0.6) is 0 Å². The number of ether oxygens (including phenoxy) is 1. The molecule has 0 spiro atoms. The summed E-state index contributed by atoms with van der Waals surface area (Å²) in [6.07, 6.45) is -0.118. The number of methoxy groups -OCH3 is 1. The van der Waals surface area contributed by atoms with Gasteiger partial charge in [0.15, 0.2) is 5.82 Å². The largest absolute Gasteiger partial charge is 0.374 e. The Labute approximate surface area is 101 Å². The van der Waals surface area contributed by atoms with Crippen LogP contribution in [0.4, 0.5) is 0 Å². The monoisotopic (exact) mass is 240 g/mol. The third-order valence-electron chi connectivity index (χ3n) is 3.18. The number of hydrogen-bond donors (Lipinski definition) is 1. The van der Waals surface area contributed by atoms with Crippen molar-refractivity contribution in [2.24, 2.45) is 0 Å². The van der Waals surface area contributed by atoms with Crippen molar-refractivity contribution in [3.05, 3.63) is 11.7 Å². The van der Waals surface area contributed by atoms with Crippen molar-refractivity contribution >= 4 is 0 Å². The van der Waals surface area contributed by atoms with Crippen LogP contribution in [0.15, 0.2) is 4.52 Å². The SMILES string of the molecule is COC(C)c1noc(CN2CCNC[C@H]2C)n1. The fourth-order valence-corrected chi connectivity index (χ4v) is 1.89. The Morgan fingerprint density at radius 2 is 2.47 bits per heavy atom. The summed E-state index contributed by atoms with van der Waals surface area (Å²) in [7, 11) is 1.64. The molecule has 1 saturated heterocycles. The second-order valence-corrected chi connectivity index (χ2v) is 4.45. The van der Waals surface area contributed by atoms with Gasteiger partial charge >= 0.3 is 0 Å². The molecule has 1 N–H and O–H groups in total. The van der Waals surface area contributed by atoms with E-state index >= 15 is 0 Å². The highest BCUT2D eigenvalue weighted by Gasteiger charge is 2.21. The van der Waals surface area contributed by atoms with Crippen LogP contribution in [0.1, 0.15) is 31.7 Å². The Balaban J connectivity index is 1.96. The molecular weight excluding hydrogens is 220 g/mol. The molecule has 2 rings (SSSR count). The predicted molar refractivity (Wildman–Crippen MR) is 62.5 cm³/mol. The molecule has 1 unspecified atom stereocenters. The molecule has 0 saturated carbocycles. The maximum Gasteiger partial charge on any atom is 0.240 e. The molecule has 0 radical (unpaired) electrons. The lowest BCUT2D eigenvalue weighted by Crippen LogP contribution is -2.49. The van der Waals surface area contributed by atoms with Crippen LogP contribution in [-0.4, -0.2) is 47.8 Å². The summed E-state index contributed by atoms with van der Waals surface area (Å²) in [5, 5.41) is 7.28. The van der Waals surface area contributed by atoms with Gasteiger partial charge < -0.3 is 14.6 Å². The van der Waals surface area contributed by atoms with E-state index in [1.807, 2.05) is 6.92 Å². The highest BCUT2D eigenvalue weighted by Crippen LogP contribution is 2.14. The zero-order chi connectivity index (χ0) is 12.3. The maximum absolute atomic E-state index is 5.24. The topological polar surface area (TPSA) is 63.4 Å². The van der Waals surface area contributed by atoms with Crippen LogP contribution in [0, 0.1) is 0 Å². The summed E-state index contributed by atoms with van der Waals surface area (Å²) in [5.74, 6) is 1.28. The first-order valence-electron chi connectivity index (χ1n) is 6.00. The molecule has 1 aromatic rings. The van der Waals surface area contributed by atoms with Crippen molar-refractivity contribution in [3.8, 4) is 0 Å². The Morgan fingerprint density at radius 1 is 1.65 bits per heavy atom. The van der Waals surface area contributed by atoms with Crippen LogP contribution in [0.2, 0.25) is 0 Å². The molecule has 1 aliphatic rings. The minimum atomic E-state index is -0.118. The molecule has 17 heavy (non-hydrogen) atoms. The average Bonchev–Trinajstić information content (AvgIpc) is 2.80. The van der Waals surface area contributed by atoms with Crippen LogP contribution in [-0.2, 0) is 11.3 Å². The van der Waals surface area contributed by atoms with E-state index in [9.17, 15) is 0 Å². The third-order valence-corrected chi connectivity index (χ3v) is 3.18. The van der Waals surface area contributed by atoms with Gasteiger partial charge in [-0.2, -0.15) is 4.98 Å². The molecule has 0 aliphatic carbocycles. The van der Waals surface area contributed by atoms with Gasteiger partial charge in [-0.25, -0.2) is 0 Å². The fraction of sp³-hybridized carbons (Fsp3) is 0.818. The Morgan fingerprint density at radius 3 is 3.18 bits per heavy atom. The lowest BCUT2D eigenvalue weighted by atomic mass is 10.2. The molecular formula is C11H20N4O2. The second kappa shape index (κ2) is 5.57. The quantitative estimate of drug-likeness (QED) is 0.830. The van der Waals surface area contributed by atoms with E-state index in [0.29, 0.717) is 24.3 Å². The van der Waals surface area contributed by atoms with Gasteiger partial charge in [0.2, 0.25) is 5.89 Å². The van der Waals surface area contributed by atoms with Crippen molar-refractivity contribution in [2.75, 3.05) is 26.7 Å². The number of nitrogens with zero attached hydrogens (tertiary/aromatic N) is 3. The Kier molecular flexibility index (Phi) is 4.09. The number of nitrogens with one attached hydrogen (secondary N) is 1. The standard InChI is InChI=1S/C11H20N4O2/c1-8-6-12-4-5-15(8)7-10-13-11(14-17-10)9(2)16-3/h8-9,12H,4-7H2,1-3H3/t8-,9?/m1/s1. The summed E-state index contributed by atoms with van der Waals surface area (Å²) >= 11 is 0. The minimum absolute atomic E-state index is 0.118. The first-order chi connectivity index (χ1) is 8.20. The van der Waals surface area contributed by atoms with Gasteiger partial charge in [0, 0.05) is 32.8 Å². The third kappa shape index (κ3) is 3.02. The average molecular weight is 240 g/mol. The number of hydrogen-bond acceptors (Lipinski definition) is 6. The zero-order valence-electron chi connectivity index (χ0n) is 10.6. The predicted octanol–water partition coefficient (Wildman–Crippen LogP) is 0.571. The molecule has 0 aromatic carbocycles. The summed E-state index contributed by atoms with van der Waals surface area (Å²) in [6, 6.07) is 0.499. The first-order valence-corrected chi connectivity index (χ1v) is 6.00. The highest BCUT2D eigenvalue weighted by atomic mass is 16.5. The number of rotatable bonds is 4. The minimum Gasteiger partial charge on any atom is -0.374 e. The van der Waals surface area contributed by atoms with E-state index in [1.165, 1.54) is 0 Å². The van der Waals surface area contributed by atoms with Crippen molar-refractivity contribution in [1.82, 2.24) is 20.4 Å². The maximum atomic E-state index is 5.24. The second-order valence-electron chi connectivity index (χ2n) is 4.45. The molecule has 1 fully saturated rings. The molecule has 2 heterocycles. The van der Waals surface area contributed by atoms with Gasteiger partial charge in [0.1, 0.15) is 6.10 Å². The van der Waals surface area contributed by atoms with Crippen molar-refractivity contribution in [1.29, 1.82) is 0 Å². The van der Waals surface area contributed by atoms with Crippen LogP contribution in [0.3, 0.4) is 0 Å². The molecule has 6 heteroatoms. The van der Waals surface area contributed by atoms with Gasteiger partial charge in [-0.15, -0.1) is 0 Å². The zero-order valence-corrected chi connectivity index (χ0v) is 10.6. The van der Waals surface area contributed by atoms with Crippen LogP contribution < -0.4 is 5.32 Å². The van der Waals surface area contributed by atoms with Crippen molar-refractivity contribution < 1.29 is 9.26 Å². The molecule has 0 bridgehead atoms. The Hall–Kier alpha value is -0.980. The van der Waals surface area contributed by atoms with Crippen LogP contribution in [0.25, 0.3) is 0 Å². The summed E-state index contributed by atoms with van der Waals surface area (Å²) in [6.45, 7) is 7.85. The lowest BCUT2D eigenvalue weighted by molar-refractivity contribution is 0.109. The van der Waals surface area contributed by atoms with E-state index in [2.05, 4.69) is 27.3 Å². The van der Waals surface area contributed by atoms with E-state index in [4.69, 9.17) is 9.26 Å². The Bertz CT molecular complexity index is 355. The molecule has 6 nitrogen and oxygen atoms in total. The molecule has 1 aromatic heterocycles. The molecule has 0 amide bonds. The van der Waals surface area contributed by atoms with E-state index < -0.39 is 0 Å². The van der Waals surface area contributed by atoms with Crippen molar-refractivity contribution in [2.45, 2.75) is 32.5 Å². The number of piperazine rings is 1. The molecule has 96 valence electrons. The van der Waals surface area contributed by atoms with Gasteiger partial charge in [-0.05, 0) is 13.8 Å². The summed E-state index contributed by atoms with van der Waals surface area (Å²) < 4.78 is 10.4. The highest BCUT2D eigenvalue weighted by molar-refractivity contribution is 4.91. The number of aromatic nitrogens is 2. The summed E-state index contributed by atoms with van der Waals surface area (Å²) in [5.41, 5.74) is 0. The van der Waals surface area contributed by atoms with E-state index in [0.717, 1.165) is 19.6 Å². The normalized spacial score (nSPS) is 23.8. The lowest BCUT2D eigenvalue weighted by Gasteiger charge is -2.32.